The van der Waals surface area contributed by atoms with Gasteiger partial charge in [-0.1, -0.05) is 18.2 Å². The summed E-state index contributed by atoms with van der Waals surface area (Å²) in [5.41, 5.74) is 1.09. The van der Waals surface area contributed by atoms with Crippen LogP contribution in [0.4, 0.5) is 0 Å². The minimum atomic E-state index is -0.0447. The fourth-order valence-corrected chi connectivity index (χ4v) is 3.22. The summed E-state index contributed by atoms with van der Waals surface area (Å²) >= 11 is 0. The van der Waals surface area contributed by atoms with Gasteiger partial charge in [-0.25, -0.2) is 4.68 Å². The molecule has 2 aromatic rings. The molecule has 0 saturated carbocycles. The van der Waals surface area contributed by atoms with Crippen LogP contribution in [0, 0.1) is 0 Å². The average molecular weight is 383 g/mol. The van der Waals surface area contributed by atoms with Crippen LogP contribution in [-0.4, -0.2) is 84.1 Å². The summed E-state index contributed by atoms with van der Waals surface area (Å²) in [6.07, 6.45) is 0. The molecule has 1 aromatic carbocycles. The summed E-state index contributed by atoms with van der Waals surface area (Å²) < 4.78 is 12.6. The van der Waals surface area contributed by atoms with E-state index >= 15 is 0 Å². The Labute approximate surface area is 160 Å². The van der Waals surface area contributed by atoms with Crippen LogP contribution in [0.25, 0.3) is 0 Å². The molecule has 1 aliphatic rings. The Balaban J connectivity index is 0.00000243. The van der Waals surface area contributed by atoms with Crippen molar-refractivity contribution in [3.05, 3.63) is 35.7 Å². The predicted octanol–water partition coefficient (Wildman–Crippen LogP) is 1.09. The Morgan fingerprint density at radius 1 is 1.12 bits per heavy atom. The van der Waals surface area contributed by atoms with Gasteiger partial charge < -0.3 is 14.4 Å². The number of methoxy groups -OCH3 is 2. The molecular formula is C17H27ClN6O2. The summed E-state index contributed by atoms with van der Waals surface area (Å²) in [6, 6.07) is 8.05. The molecule has 2 heterocycles. The number of para-hydroxylation sites is 1. The first-order valence-corrected chi connectivity index (χ1v) is 8.55. The van der Waals surface area contributed by atoms with Gasteiger partial charge in [-0.05, 0) is 23.5 Å². The van der Waals surface area contributed by atoms with Crippen molar-refractivity contribution in [2.24, 2.45) is 0 Å². The minimum Gasteiger partial charge on any atom is -0.496 e. The second kappa shape index (κ2) is 9.82. The summed E-state index contributed by atoms with van der Waals surface area (Å²) in [5.74, 6) is 1.68. The first-order chi connectivity index (χ1) is 12.2. The lowest BCUT2D eigenvalue weighted by molar-refractivity contribution is 0.118. The van der Waals surface area contributed by atoms with Crippen molar-refractivity contribution < 1.29 is 9.47 Å². The van der Waals surface area contributed by atoms with Crippen molar-refractivity contribution in [3.8, 4) is 5.75 Å². The number of halogens is 1. The second-order valence-electron chi connectivity index (χ2n) is 6.24. The quantitative estimate of drug-likeness (QED) is 0.709. The molecule has 9 heteroatoms. The van der Waals surface area contributed by atoms with E-state index in [-0.39, 0.29) is 18.4 Å². The zero-order chi connectivity index (χ0) is 17.6. The Hall–Kier alpha value is -1.74. The molecule has 0 N–H and O–H groups in total. The van der Waals surface area contributed by atoms with Gasteiger partial charge in [0.15, 0.2) is 5.82 Å². The number of tetrazole rings is 1. The van der Waals surface area contributed by atoms with Gasteiger partial charge in [-0.3, -0.25) is 4.90 Å². The van der Waals surface area contributed by atoms with Crippen molar-refractivity contribution in [1.82, 2.24) is 30.0 Å². The number of nitrogens with zero attached hydrogens (tertiary/aromatic N) is 6. The van der Waals surface area contributed by atoms with E-state index in [1.807, 2.05) is 22.9 Å². The van der Waals surface area contributed by atoms with E-state index in [1.165, 1.54) is 0 Å². The number of likely N-dealkylation sites (N-methyl/N-ethyl adjacent to an activating group) is 1. The van der Waals surface area contributed by atoms with E-state index in [0.717, 1.165) is 43.3 Å². The standard InChI is InChI=1S/C17H26N6O2.ClH/c1-21-8-10-22(11-9-21)16(14-6-4-5-7-15(14)25-3)17-18-19-20-23(17)12-13-24-2;/h4-7,16H,8-13H2,1-3H3;1H. The van der Waals surface area contributed by atoms with Gasteiger partial charge in [-0.15, -0.1) is 17.5 Å². The highest BCUT2D eigenvalue weighted by Gasteiger charge is 2.31. The van der Waals surface area contributed by atoms with Crippen molar-refractivity contribution in [2.75, 3.05) is 54.1 Å². The molecule has 144 valence electrons. The number of hydrogen-bond donors (Lipinski definition) is 0. The largest absolute Gasteiger partial charge is 0.496 e. The smallest absolute Gasteiger partial charge is 0.173 e. The predicted molar refractivity (Wildman–Crippen MR) is 101 cm³/mol. The average Bonchev–Trinajstić information content (AvgIpc) is 3.10. The van der Waals surface area contributed by atoms with Crippen molar-refractivity contribution >= 4 is 12.4 Å². The number of rotatable bonds is 7. The molecule has 1 saturated heterocycles. The molecule has 26 heavy (non-hydrogen) atoms. The van der Waals surface area contributed by atoms with Gasteiger partial charge >= 0.3 is 0 Å². The number of aromatic nitrogens is 4. The van der Waals surface area contributed by atoms with Gasteiger partial charge in [0.1, 0.15) is 11.8 Å². The molecular weight excluding hydrogens is 356 g/mol. The molecule has 0 radical (unpaired) electrons. The monoisotopic (exact) mass is 382 g/mol. The second-order valence-corrected chi connectivity index (χ2v) is 6.24. The van der Waals surface area contributed by atoms with Crippen molar-refractivity contribution in [2.45, 2.75) is 12.6 Å². The lowest BCUT2D eigenvalue weighted by Crippen LogP contribution is -2.46. The first kappa shape index (κ1) is 20.6. The van der Waals surface area contributed by atoms with Crippen LogP contribution < -0.4 is 4.74 Å². The Morgan fingerprint density at radius 2 is 1.85 bits per heavy atom. The SMILES string of the molecule is COCCn1nnnc1C(c1ccccc1OC)N1CCN(C)CC1.Cl. The lowest BCUT2D eigenvalue weighted by atomic mass is 10.0. The third-order valence-electron chi connectivity index (χ3n) is 4.65. The van der Waals surface area contributed by atoms with Crippen molar-refractivity contribution in [3.63, 3.8) is 0 Å². The Morgan fingerprint density at radius 3 is 2.54 bits per heavy atom. The van der Waals surface area contributed by atoms with E-state index in [2.05, 4.69) is 38.4 Å². The molecule has 0 amide bonds. The van der Waals surface area contributed by atoms with E-state index < -0.39 is 0 Å². The molecule has 3 rings (SSSR count). The van der Waals surface area contributed by atoms with Gasteiger partial charge in [0.2, 0.25) is 0 Å². The van der Waals surface area contributed by atoms with Gasteiger partial charge in [-0.2, -0.15) is 0 Å². The highest BCUT2D eigenvalue weighted by Crippen LogP contribution is 2.33. The van der Waals surface area contributed by atoms with Crippen molar-refractivity contribution in [1.29, 1.82) is 0 Å². The molecule has 0 spiro atoms. The highest BCUT2D eigenvalue weighted by molar-refractivity contribution is 5.85. The molecule has 0 bridgehead atoms. The minimum absolute atomic E-state index is 0. The van der Waals surface area contributed by atoms with Gasteiger partial charge in [0, 0.05) is 38.9 Å². The molecule has 1 fully saturated rings. The first-order valence-electron chi connectivity index (χ1n) is 8.55. The van der Waals surface area contributed by atoms with E-state index in [4.69, 9.17) is 9.47 Å². The van der Waals surface area contributed by atoms with Gasteiger partial charge in [0.05, 0.1) is 20.3 Å². The maximum absolute atomic E-state index is 5.62. The lowest BCUT2D eigenvalue weighted by Gasteiger charge is -2.37. The zero-order valence-corrected chi connectivity index (χ0v) is 16.4. The van der Waals surface area contributed by atoms with Crippen LogP contribution >= 0.6 is 12.4 Å². The maximum Gasteiger partial charge on any atom is 0.173 e. The van der Waals surface area contributed by atoms with Crippen LogP contribution in [0.15, 0.2) is 24.3 Å². The van der Waals surface area contributed by atoms with Crippen LogP contribution in [0.1, 0.15) is 17.4 Å². The summed E-state index contributed by atoms with van der Waals surface area (Å²) in [7, 11) is 5.54. The van der Waals surface area contributed by atoms with E-state index in [9.17, 15) is 0 Å². The molecule has 1 atom stereocenters. The normalized spacial score (nSPS) is 16.9. The fourth-order valence-electron chi connectivity index (χ4n) is 3.22. The fraction of sp³-hybridized carbons (Fsp3) is 0.588. The van der Waals surface area contributed by atoms with E-state index in [0.29, 0.717) is 13.2 Å². The number of piperazine rings is 1. The topological polar surface area (TPSA) is 68.5 Å². The number of hydrogen-bond acceptors (Lipinski definition) is 7. The molecule has 1 aromatic heterocycles. The summed E-state index contributed by atoms with van der Waals surface area (Å²) in [6.45, 7) is 5.14. The Kier molecular flexibility index (Phi) is 7.77. The summed E-state index contributed by atoms with van der Waals surface area (Å²) in [5, 5.41) is 12.4. The van der Waals surface area contributed by atoms with Gasteiger partial charge in [0.25, 0.3) is 0 Å². The van der Waals surface area contributed by atoms with Crippen LogP contribution in [0.2, 0.25) is 0 Å². The molecule has 1 unspecified atom stereocenters. The van der Waals surface area contributed by atoms with Crippen LogP contribution in [0.3, 0.4) is 0 Å². The molecule has 0 aliphatic carbocycles. The zero-order valence-electron chi connectivity index (χ0n) is 15.5. The molecule has 8 nitrogen and oxygen atoms in total. The third kappa shape index (κ3) is 4.50. The van der Waals surface area contributed by atoms with E-state index in [1.54, 1.807) is 14.2 Å². The van der Waals surface area contributed by atoms with Crippen LogP contribution in [-0.2, 0) is 11.3 Å². The molecule has 1 aliphatic heterocycles. The summed E-state index contributed by atoms with van der Waals surface area (Å²) in [4.78, 5) is 4.76. The third-order valence-corrected chi connectivity index (χ3v) is 4.65. The maximum atomic E-state index is 5.62. The Bertz CT molecular complexity index is 675. The highest BCUT2D eigenvalue weighted by atomic mass is 35.5. The van der Waals surface area contributed by atoms with Crippen LogP contribution in [0.5, 0.6) is 5.75 Å². The number of ether oxygens (including phenoxy) is 2. The number of benzene rings is 1.